The fraction of sp³-hybridized carbons (Fsp3) is 0.750. The van der Waals surface area contributed by atoms with Crippen molar-refractivity contribution in [2.24, 2.45) is 0 Å². The predicted molar refractivity (Wildman–Crippen MR) is 82.3 cm³/mol. The van der Waals surface area contributed by atoms with Gasteiger partial charge in [-0.3, -0.25) is 0 Å². The van der Waals surface area contributed by atoms with E-state index in [-0.39, 0.29) is 0 Å². The van der Waals surface area contributed by atoms with E-state index in [1.165, 1.54) is 19.3 Å². The van der Waals surface area contributed by atoms with Crippen molar-refractivity contribution in [1.82, 2.24) is 15.0 Å². The Morgan fingerprint density at radius 2 is 1.89 bits per heavy atom. The van der Waals surface area contributed by atoms with Gasteiger partial charge in [-0.15, -0.1) is 0 Å². The molecule has 1 aliphatic carbocycles. The van der Waals surface area contributed by atoms with Crippen LogP contribution in [0.1, 0.15) is 19.3 Å². The monoisotopic (exact) mass is 282 g/mol. The van der Waals surface area contributed by atoms with Gasteiger partial charge in [-0.2, -0.15) is 26.7 Å². The Morgan fingerprint density at radius 3 is 2.37 bits per heavy atom. The summed E-state index contributed by atoms with van der Waals surface area (Å²) in [6, 6.07) is 0. The maximum atomic E-state index is 4.42. The van der Waals surface area contributed by atoms with E-state index >= 15 is 0 Å². The van der Waals surface area contributed by atoms with E-state index < -0.39 is 0 Å². The van der Waals surface area contributed by atoms with Gasteiger partial charge in [-0.1, -0.05) is 6.42 Å². The van der Waals surface area contributed by atoms with E-state index in [1.807, 2.05) is 37.8 Å². The molecule has 19 heavy (non-hydrogen) atoms. The summed E-state index contributed by atoms with van der Waals surface area (Å²) in [5.74, 6) is 1.89. The van der Waals surface area contributed by atoms with Crippen molar-refractivity contribution < 1.29 is 0 Å². The molecule has 1 fully saturated rings. The van der Waals surface area contributed by atoms with Crippen LogP contribution in [0, 0.1) is 0 Å². The van der Waals surface area contributed by atoms with Crippen LogP contribution < -0.4 is 15.5 Å². The first-order valence-electron chi connectivity index (χ1n) is 6.49. The fourth-order valence-electron chi connectivity index (χ4n) is 2.02. The van der Waals surface area contributed by atoms with Gasteiger partial charge in [-0.25, -0.2) is 0 Å². The molecule has 2 rings (SSSR count). The summed E-state index contributed by atoms with van der Waals surface area (Å²) in [5, 5.41) is 6.33. The topological polar surface area (TPSA) is 66.0 Å². The van der Waals surface area contributed by atoms with Crippen LogP contribution in [-0.4, -0.2) is 53.6 Å². The van der Waals surface area contributed by atoms with Gasteiger partial charge >= 0.3 is 0 Å². The van der Waals surface area contributed by atoms with Crippen LogP contribution in [0.4, 0.5) is 17.8 Å². The minimum Gasteiger partial charge on any atom is -0.357 e. The Morgan fingerprint density at radius 1 is 1.21 bits per heavy atom. The minimum atomic E-state index is 0.366. The van der Waals surface area contributed by atoms with Gasteiger partial charge < -0.3 is 15.5 Å². The van der Waals surface area contributed by atoms with Crippen LogP contribution >= 0.6 is 11.8 Å². The zero-order chi connectivity index (χ0) is 13.9. The molecule has 0 amide bonds. The first-order chi connectivity index (χ1) is 9.08. The van der Waals surface area contributed by atoms with E-state index in [4.69, 9.17) is 0 Å². The summed E-state index contributed by atoms with van der Waals surface area (Å²) in [7, 11) is 5.66. The lowest BCUT2D eigenvalue weighted by molar-refractivity contribution is 0.379. The lowest BCUT2D eigenvalue weighted by Crippen LogP contribution is -2.40. The Bertz CT molecular complexity index is 427. The molecule has 0 bridgehead atoms. The summed E-state index contributed by atoms with van der Waals surface area (Å²) in [6.07, 6.45) is 6.04. The van der Waals surface area contributed by atoms with Gasteiger partial charge in [0, 0.05) is 32.4 Å². The Kier molecular flexibility index (Phi) is 4.34. The van der Waals surface area contributed by atoms with E-state index in [0.717, 1.165) is 6.54 Å². The third kappa shape index (κ3) is 3.20. The molecule has 0 aromatic carbocycles. The van der Waals surface area contributed by atoms with Crippen LogP contribution in [0.25, 0.3) is 0 Å². The van der Waals surface area contributed by atoms with Crippen molar-refractivity contribution in [1.29, 1.82) is 0 Å². The number of aromatic nitrogens is 3. The second-order valence-electron chi connectivity index (χ2n) is 5.02. The van der Waals surface area contributed by atoms with Crippen molar-refractivity contribution in [2.75, 3.05) is 49.5 Å². The van der Waals surface area contributed by atoms with Gasteiger partial charge in [0.1, 0.15) is 0 Å². The standard InChI is InChI=1S/C12H22N6S/c1-13-9-15-10(17-11(16-9)18(2)3)14-8-12(19-4)6-5-7-12/h5-8H2,1-4H3,(H2,13,14,15,16,17). The normalized spacial score (nSPS) is 16.6. The molecular formula is C12H22N6S. The van der Waals surface area contributed by atoms with Crippen molar-refractivity contribution >= 4 is 29.6 Å². The van der Waals surface area contributed by atoms with E-state index in [1.54, 1.807) is 0 Å². The molecule has 1 aromatic heterocycles. The molecule has 0 radical (unpaired) electrons. The maximum absolute atomic E-state index is 4.42. The van der Waals surface area contributed by atoms with Gasteiger partial charge in [-0.05, 0) is 19.1 Å². The quantitative estimate of drug-likeness (QED) is 0.823. The first kappa shape index (κ1) is 14.2. The molecule has 0 saturated heterocycles. The number of nitrogens with zero attached hydrogens (tertiary/aromatic N) is 4. The van der Waals surface area contributed by atoms with Crippen molar-refractivity contribution in [3.05, 3.63) is 0 Å². The third-order valence-electron chi connectivity index (χ3n) is 3.51. The largest absolute Gasteiger partial charge is 0.357 e. The molecular weight excluding hydrogens is 260 g/mol. The molecule has 1 saturated carbocycles. The molecule has 6 nitrogen and oxygen atoms in total. The highest BCUT2D eigenvalue weighted by Gasteiger charge is 2.36. The van der Waals surface area contributed by atoms with Crippen LogP contribution in [0.2, 0.25) is 0 Å². The molecule has 1 aromatic rings. The highest BCUT2D eigenvalue weighted by molar-refractivity contribution is 8.00. The number of hydrogen-bond donors (Lipinski definition) is 2. The zero-order valence-corrected chi connectivity index (χ0v) is 12.8. The van der Waals surface area contributed by atoms with Crippen LogP contribution in [0.15, 0.2) is 0 Å². The van der Waals surface area contributed by atoms with E-state index in [0.29, 0.717) is 22.6 Å². The first-order valence-corrected chi connectivity index (χ1v) is 7.71. The number of anilines is 3. The lowest BCUT2D eigenvalue weighted by Gasteiger charge is -2.40. The summed E-state index contributed by atoms with van der Waals surface area (Å²) in [6.45, 7) is 0.911. The van der Waals surface area contributed by atoms with Gasteiger partial charge in [0.25, 0.3) is 0 Å². The van der Waals surface area contributed by atoms with Gasteiger partial charge in [0.2, 0.25) is 17.8 Å². The average molecular weight is 282 g/mol. The summed E-state index contributed by atoms with van der Waals surface area (Å²) in [5.41, 5.74) is 0. The molecule has 0 aliphatic heterocycles. The number of thioether (sulfide) groups is 1. The minimum absolute atomic E-state index is 0.366. The maximum Gasteiger partial charge on any atom is 0.231 e. The summed E-state index contributed by atoms with van der Waals surface area (Å²) < 4.78 is 0.366. The molecule has 0 unspecified atom stereocenters. The SMILES string of the molecule is CNc1nc(NCC2(SC)CCC2)nc(N(C)C)n1. The molecule has 106 valence electrons. The number of nitrogens with one attached hydrogen (secondary N) is 2. The van der Waals surface area contributed by atoms with Crippen LogP contribution in [0.5, 0.6) is 0 Å². The van der Waals surface area contributed by atoms with E-state index in [9.17, 15) is 0 Å². The molecule has 1 heterocycles. The van der Waals surface area contributed by atoms with Gasteiger partial charge in [0.05, 0.1) is 0 Å². The predicted octanol–water partition coefficient (Wildman–Crippen LogP) is 1.68. The smallest absolute Gasteiger partial charge is 0.231 e. The van der Waals surface area contributed by atoms with Gasteiger partial charge in [0.15, 0.2) is 0 Å². The van der Waals surface area contributed by atoms with Crippen LogP contribution in [0.3, 0.4) is 0 Å². The second kappa shape index (κ2) is 5.81. The summed E-state index contributed by atoms with van der Waals surface area (Å²) in [4.78, 5) is 14.9. The second-order valence-corrected chi connectivity index (χ2v) is 6.30. The van der Waals surface area contributed by atoms with Crippen molar-refractivity contribution in [2.45, 2.75) is 24.0 Å². The molecule has 0 spiro atoms. The van der Waals surface area contributed by atoms with Crippen LogP contribution in [-0.2, 0) is 0 Å². The summed E-state index contributed by atoms with van der Waals surface area (Å²) >= 11 is 1.94. The van der Waals surface area contributed by atoms with Crippen molar-refractivity contribution in [3.63, 3.8) is 0 Å². The van der Waals surface area contributed by atoms with E-state index in [2.05, 4.69) is 31.8 Å². The average Bonchev–Trinajstić information content (AvgIpc) is 2.37. The molecule has 1 aliphatic rings. The molecule has 2 N–H and O–H groups in total. The Balaban J connectivity index is 2.08. The lowest BCUT2D eigenvalue weighted by atomic mass is 9.84. The highest BCUT2D eigenvalue weighted by Crippen LogP contribution is 2.42. The third-order valence-corrected chi connectivity index (χ3v) is 4.93. The zero-order valence-electron chi connectivity index (χ0n) is 12.0. The number of rotatable bonds is 6. The molecule has 0 atom stereocenters. The highest BCUT2D eigenvalue weighted by atomic mass is 32.2. The Hall–Kier alpha value is -1.24. The fourth-order valence-corrected chi connectivity index (χ4v) is 2.93. The number of hydrogen-bond acceptors (Lipinski definition) is 7. The Labute approximate surface area is 118 Å². The molecule has 7 heteroatoms. The van der Waals surface area contributed by atoms with Crippen molar-refractivity contribution in [3.8, 4) is 0 Å².